The van der Waals surface area contributed by atoms with Gasteiger partial charge in [-0.15, -0.1) is 10.2 Å². The van der Waals surface area contributed by atoms with Crippen molar-refractivity contribution in [3.8, 4) is 0 Å². The lowest BCUT2D eigenvalue weighted by Crippen LogP contribution is -2.34. The minimum absolute atomic E-state index is 0.228. The molecule has 0 radical (unpaired) electrons. The SMILES string of the molecule is O=C(CCCN1CCn2cnnc2C1)c1ccccc1. The van der Waals surface area contributed by atoms with Gasteiger partial charge in [0, 0.05) is 25.1 Å². The molecule has 0 aliphatic carbocycles. The Bertz CT molecular complexity index is 579. The Kier molecular flexibility index (Phi) is 3.87. The van der Waals surface area contributed by atoms with Gasteiger partial charge in [0.05, 0.1) is 6.54 Å². The summed E-state index contributed by atoms with van der Waals surface area (Å²) < 4.78 is 2.09. The third kappa shape index (κ3) is 2.93. The number of rotatable bonds is 5. The summed E-state index contributed by atoms with van der Waals surface area (Å²) in [4.78, 5) is 14.3. The highest BCUT2D eigenvalue weighted by atomic mass is 16.1. The highest BCUT2D eigenvalue weighted by Gasteiger charge is 2.17. The first-order valence-corrected chi connectivity index (χ1v) is 7.00. The van der Waals surface area contributed by atoms with Crippen LogP contribution in [0.3, 0.4) is 0 Å². The predicted molar refractivity (Wildman–Crippen MR) is 75.3 cm³/mol. The van der Waals surface area contributed by atoms with Crippen molar-refractivity contribution in [2.45, 2.75) is 25.9 Å². The molecular weight excluding hydrogens is 252 g/mol. The van der Waals surface area contributed by atoms with E-state index in [1.807, 2.05) is 30.3 Å². The molecule has 5 heteroatoms. The highest BCUT2D eigenvalue weighted by Crippen LogP contribution is 2.11. The second-order valence-corrected chi connectivity index (χ2v) is 5.11. The number of ketones is 1. The Balaban J connectivity index is 1.46. The molecule has 104 valence electrons. The fraction of sp³-hybridized carbons (Fsp3) is 0.400. The minimum atomic E-state index is 0.228. The molecular formula is C15H18N4O. The first-order valence-electron chi connectivity index (χ1n) is 7.00. The van der Waals surface area contributed by atoms with Crippen molar-refractivity contribution in [2.75, 3.05) is 13.1 Å². The first-order chi connectivity index (χ1) is 9.83. The molecule has 5 nitrogen and oxygen atoms in total. The highest BCUT2D eigenvalue weighted by molar-refractivity contribution is 5.95. The van der Waals surface area contributed by atoms with Crippen LogP contribution in [0.4, 0.5) is 0 Å². The van der Waals surface area contributed by atoms with Crippen LogP contribution in [0.25, 0.3) is 0 Å². The molecule has 0 bridgehead atoms. The molecule has 0 atom stereocenters. The van der Waals surface area contributed by atoms with Crippen LogP contribution in [0.5, 0.6) is 0 Å². The molecule has 1 aromatic heterocycles. The van der Waals surface area contributed by atoms with Crippen molar-refractivity contribution in [2.24, 2.45) is 0 Å². The van der Waals surface area contributed by atoms with Crippen LogP contribution < -0.4 is 0 Å². The van der Waals surface area contributed by atoms with Crippen LogP contribution in [-0.2, 0) is 13.1 Å². The van der Waals surface area contributed by atoms with Gasteiger partial charge in [-0.05, 0) is 13.0 Å². The average molecular weight is 270 g/mol. The number of benzene rings is 1. The summed E-state index contributed by atoms with van der Waals surface area (Å²) >= 11 is 0. The van der Waals surface area contributed by atoms with E-state index in [2.05, 4.69) is 19.7 Å². The van der Waals surface area contributed by atoms with Crippen LogP contribution in [0, 0.1) is 0 Å². The Morgan fingerprint density at radius 1 is 1.20 bits per heavy atom. The van der Waals surface area contributed by atoms with Crippen molar-refractivity contribution in [1.29, 1.82) is 0 Å². The van der Waals surface area contributed by atoms with Gasteiger partial charge >= 0.3 is 0 Å². The largest absolute Gasteiger partial charge is 0.315 e. The summed E-state index contributed by atoms with van der Waals surface area (Å²) in [5.74, 6) is 1.25. The maximum Gasteiger partial charge on any atom is 0.162 e. The number of hydrogen-bond donors (Lipinski definition) is 0. The van der Waals surface area contributed by atoms with Gasteiger partial charge in [-0.25, -0.2) is 0 Å². The standard InChI is InChI=1S/C15H18N4O/c20-14(13-5-2-1-3-6-13)7-4-8-18-9-10-19-12-16-17-15(19)11-18/h1-3,5-6,12H,4,7-11H2. The zero-order valence-corrected chi connectivity index (χ0v) is 11.4. The molecule has 1 aliphatic rings. The lowest BCUT2D eigenvalue weighted by atomic mass is 10.1. The van der Waals surface area contributed by atoms with E-state index < -0.39 is 0 Å². The van der Waals surface area contributed by atoms with E-state index >= 15 is 0 Å². The van der Waals surface area contributed by atoms with Crippen molar-refractivity contribution in [3.05, 3.63) is 48.0 Å². The topological polar surface area (TPSA) is 51.0 Å². The molecule has 1 aromatic carbocycles. The number of aromatic nitrogens is 3. The molecule has 3 rings (SSSR count). The molecule has 0 amide bonds. The van der Waals surface area contributed by atoms with E-state index in [1.165, 1.54) is 0 Å². The molecule has 20 heavy (non-hydrogen) atoms. The van der Waals surface area contributed by atoms with Gasteiger partial charge in [0.2, 0.25) is 0 Å². The van der Waals surface area contributed by atoms with Crippen LogP contribution in [0.2, 0.25) is 0 Å². The molecule has 1 aliphatic heterocycles. The third-order valence-electron chi connectivity index (χ3n) is 3.69. The number of hydrogen-bond acceptors (Lipinski definition) is 4. The van der Waals surface area contributed by atoms with Gasteiger partial charge in [0.25, 0.3) is 0 Å². The molecule has 0 saturated heterocycles. The van der Waals surface area contributed by atoms with Crippen LogP contribution >= 0.6 is 0 Å². The normalized spacial score (nSPS) is 15.0. The van der Waals surface area contributed by atoms with E-state index in [1.54, 1.807) is 6.33 Å². The fourth-order valence-corrected chi connectivity index (χ4v) is 2.54. The first kappa shape index (κ1) is 13.0. The maximum atomic E-state index is 12.0. The lowest BCUT2D eigenvalue weighted by molar-refractivity contribution is 0.0972. The lowest BCUT2D eigenvalue weighted by Gasteiger charge is -2.26. The number of nitrogens with zero attached hydrogens (tertiary/aromatic N) is 4. The van der Waals surface area contributed by atoms with Gasteiger partial charge in [-0.2, -0.15) is 0 Å². The van der Waals surface area contributed by atoms with Crippen molar-refractivity contribution < 1.29 is 4.79 Å². The predicted octanol–water partition coefficient (Wildman–Crippen LogP) is 1.76. The number of carbonyl (C=O) groups is 1. The number of Topliss-reactive ketones (excluding diaryl/α,β-unsaturated/α-hetero) is 1. The van der Waals surface area contributed by atoms with Gasteiger partial charge in [0.1, 0.15) is 12.2 Å². The quantitative estimate of drug-likeness (QED) is 0.777. The molecule has 0 N–H and O–H groups in total. The van der Waals surface area contributed by atoms with Crippen molar-refractivity contribution >= 4 is 5.78 Å². The van der Waals surface area contributed by atoms with Crippen LogP contribution in [-0.4, -0.2) is 38.5 Å². The third-order valence-corrected chi connectivity index (χ3v) is 3.69. The molecule has 0 spiro atoms. The Morgan fingerprint density at radius 3 is 2.90 bits per heavy atom. The van der Waals surface area contributed by atoms with Crippen LogP contribution in [0.15, 0.2) is 36.7 Å². The average Bonchev–Trinajstić information content (AvgIpc) is 2.95. The van der Waals surface area contributed by atoms with E-state index in [0.29, 0.717) is 6.42 Å². The van der Waals surface area contributed by atoms with E-state index in [-0.39, 0.29) is 5.78 Å². The van der Waals surface area contributed by atoms with Crippen molar-refractivity contribution in [1.82, 2.24) is 19.7 Å². The second-order valence-electron chi connectivity index (χ2n) is 5.11. The Morgan fingerprint density at radius 2 is 2.05 bits per heavy atom. The van der Waals surface area contributed by atoms with E-state index in [0.717, 1.165) is 44.0 Å². The van der Waals surface area contributed by atoms with Crippen LogP contribution in [0.1, 0.15) is 29.0 Å². The Hall–Kier alpha value is -2.01. The summed E-state index contributed by atoms with van der Waals surface area (Å²) in [6, 6.07) is 9.51. The number of fused-ring (bicyclic) bond motifs is 1. The smallest absolute Gasteiger partial charge is 0.162 e. The molecule has 0 fully saturated rings. The summed E-state index contributed by atoms with van der Waals surface area (Å²) in [5, 5.41) is 8.02. The monoisotopic (exact) mass is 270 g/mol. The summed E-state index contributed by atoms with van der Waals surface area (Å²) in [5.41, 5.74) is 0.811. The number of carbonyl (C=O) groups excluding carboxylic acids is 1. The van der Waals surface area contributed by atoms with Gasteiger partial charge in [0.15, 0.2) is 5.78 Å². The summed E-state index contributed by atoms with van der Waals surface area (Å²) in [6.07, 6.45) is 3.28. The van der Waals surface area contributed by atoms with Gasteiger partial charge in [-0.3, -0.25) is 9.69 Å². The Labute approximate surface area is 118 Å². The molecule has 2 aromatic rings. The van der Waals surface area contributed by atoms with Gasteiger partial charge < -0.3 is 4.57 Å². The molecule has 0 saturated carbocycles. The fourth-order valence-electron chi connectivity index (χ4n) is 2.54. The minimum Gasteiger partial charge on any atom is -0.315 e. The summed E-state index contributed by atoms with van der Waals surface area (Å²) in [7, 11) is 0. The molecule has 0 unspecified atom stereocenters. The van der Waals surface area contributed by atoms with E-state index in [9.17, 15) is 4.79 Å². The second kappa shape index (κ2) is 5.96. The summed E-state index contributed by atoms with van der Waals surface area (Å²) in [6.45, 7) is 3.71. The van der Waals surface area contributed by atoms with Crippen molar-refractivity contribution in [3.63, 3.8) is 0 Å². The molecule has 2 heterocycles. The zero-order chi connectivity index (χ0) is 13.8. The van der Waals surface area contributed by atoms with Gasteiger partial charge in [-0.1, -0.05) is 30.3 Å². The zero-order valence-electron chi connectivity index (χ0n) is 11.4. The van der Waals surface area contributed by atoms with E-state index in [4.69, 9.17) is 0 Å². The maximum absolute atomic E-state index is 12.0.